The second kappa shape index (κ2) is 9.45. The number of hydrogen-bond donors (Lipinski definition) is 1. The molecular weight excluding hydrogens is 368 g/mol. The molecule has 1 N–H and O–H groups in total. The average Bonchev–Trinajstić information content (AvgIpc) is 3.10. The molecule has 0 aliphatic carbocycles. The van der Waals surface area contributed by atoms with Gasteiger partial charge in [-0.2, -0.15) is 0 Å². The number of carbonyl (C=O) groups excluding carboxylic acids is 2. The van der Waals surface area contributed by atoms with E-state index in [2.05, 4.69) is 5.32 Å². The lowest BCUT2D eigenvalue weighted by atomic mass is 10.1. The van der Waals surface area contributed by atoms with Gasteiger partial charge >= 0.3 is 0 Å². The van der Waals surface area contributed by atoms with Crippen LogP contribution in [0, 0.1) is 12.8 Å². The fraction of sp³-hybridized carbons (Fsp3) is 0.391. The van der Waals surface area contributed by atoms with Crippen LogP contribution in [0.2, 0.25) is 0 Å². The normalized spacial score (nSPS) is 16.0. The largest absolute Gasteiger partial charge is 0.493 e. The third-order valence-corrected chi connectivity index (χ3v) is 5.28. The number of methoxy groups -OCH3 is 2. The van der Waals surface area contributed by atoms with Crippen LogP contribution in [0.15, 0.2) is 42.5 Å². The SMILES string of the molecule is COc1ccc(CCN2CC(CNC(=O)c3ccc(C)cc3)CC2=O)cc1OC. The zero-order valence-electron chi connectivity index (χ0n) is 17.2. The second-order valence-corrected chi connectivity index (χ2v) is 7.43. The first kappa shape index (κ1) is 20.7. The van der Waals surface area contributed by atoms with Gasteiger partial charge in [0.25, 0.3) is 5.91 Å². The monoisotopic (exact) mass is 396 g/mol. The first-order valence-electron chi connectivity index (χ1n) is 9.83. The molecule has 154 valence electrons. The van der Waals surface area contributed by atoms with E-state index in [1.165, 1.54) is 0 Å². The van der Waals surface area contributed by atoms with E-state index < -0.39 is 0 Å². The number of carbonyl (C=O) groups is 2. The summed E-state index contributed by atoms with van der Waals surface area (Å²) in [5, 5.41) is 2.95. The fourth-order valence-corrected chi connectivity index (χ4v) is 3.55. The first-order valence-corrected chi connectivity index (χ1v) is 9.83. The van der Waals surface area contributed by atoms with Gasteiger partial charge in [-0.1, -0.05) is 23.8 Å². The molecule has 6 nitrogen and oxygen atoms in total. The minimum absolute atomic E-state index is 0.0961. The number of aryl methyl sites for hydroxylation is 1. The molecule has 1 aliphatic rings. The number of benzene rings is 2. The van der Waals surface area contributed by atoms with Crippen LogP contribution in [0.4, 0.5) is 0 Å². The highest BCUT2D eigenvalue weighted by atomic mass is 16.5. The summed E-state index contributed by atoms with van der Waals surface area (Å²) in [6, 6.07) is 13.3. The topological polar surface area (TPSA) is 67.9 Å². The Morgan fingerprint density at radius 2 is 1.83 bits per heavy atom. The van der Waals surface area contributed by atoms with Crippen LogP contribution >= 0.6 is 0 Å². The van der Waals surface area contributed by atoms with Gasteiger partial charge in [0, 0.05) is 37.5 Å². The van der Waals surface area contributed by atoms with Gasteiger partial charge in [-0.25, -0.2) is 0 Å². The highest BCUT2D eigenvalue weighted by Crippen LogP contribution is 2.28. The van der Waals surface area contributed by atoms with E-state index in [-0.39, 0.29) is 17.7 Å². The summed E-state index contributed by atoms with van der Waals surface area (Å²) in [4.78, 5) is 26.5. The zero-order valence-corrected chi connectivity index (χ0v) is 17.2. The molecule has 1 unspecified atom stereocenters. The minimum atomic E-state index is -0.0961. The maximum atomic E-state index is 12.4. The van der Waals surface area contributed by atoms with Crippen LogP contribution in [0.25, 0.3) is 0 Å². The number of amides is 2. The van der Waals surface area contributed by atoms with E-state index in [0.717, 1.165) is 17.5 Å². The first-order chi connectivity index (χ1) is 14.0. The quantitative estimate of drug-likeness (QED) is 0.745. The molecule has 1 aliphatic heterocycles. The lowest BCUT2D eigenvalue weighted by molar-refractivity contribution is -0.127. The molecule has 2 aromatic rings. The van der Waals surface area contributed by atoms with Crippen molar-refractivity contribution in [3.8, 4) is 11.5 Å². The van der Waals surface area contributed by atoms with E-state index in [4.69, 9.17) is 9.47 Å². The van der Waals surface area contributed by atoms with Crippen LogP contribution in [0.1, 0.15) is 27.9 Å². The van der Waals surface area contributed by atoms with Crippen molar-refractivity contribution in [2.45, 2.75) is 19.8 Å². The molecule has 1 heterocycles. The maximum absolute atomic E-state index is 12.4. The number of ether oxygens (including phenoxy) is 2. The Labute approximate surface area is 171 Å². The highest BCUT2D eigenvalue weighted by Gasteiger charge is 2.29. The maximum Gasteiger partial charge on any atom is 0.251 e. The van der Waals surface area contributed by atoms with Crippen molar-refractivity contribution in [3.63, 3.8) is 0 Å². The Bertz CT molecular complexity index is 864. The minimum Gasteiger partial charge on any atom is -0.493 e. The van der Waals surface area contributed by atoms with Crippen molar-refractivity contribution in [2.75, 3.05) is 33.9 Å². The second-order valence-electron chi connectivity index (χ2n) is 7.43. The van der Waals surface area contributed by atoms with Crippen molar-refractivity contribution >= 4 is 11.8 Å². The summed E-state index contributed by atoms with van der Waals surface area (Å²) in [5.74, 6) is 1.57. The van der Waals surface area contributed by atoms with E-state index in [0.29, 0.717) is 43.1 Å². The van der Waals surface area contributed by atoms with Crippen LogP contribution in [0.3, 0.4) is 0 Å². The Kier molecular flexibility index (Phi) is 6.75. The van der Waals surface area contributed by atoms with Gasteiger partial charge in [-0.15, -0.1) is 0 Å². The number of likely N-dealkylation sites (tertiary alicyclic amines) is 1. The predicted molar refractivity (Wildman–Crippen MR) is 111 cm³/mol. The van der Waals surface area contributed by atoms with E-state index in [9.17, 15) is 9.59 Å². The van der Waals surface area contributed by atoms with Crippen molar-refractivity contribution in [1.82, 2.24) is 10.2 Å². The fourth-order valence-electron chi connectivity index (χ4n) is 3.55. The summed E-state index contributed by atoms with van der Waals surface area (Å²) < 4.78 is 10.6. The molecule has 2 amide bonds. The van der Waals surface area contributed by atoms with E-state index >= 15 is 0 Å². The van der Waals surface area contributed by atoms with Crippen molar-refractivity contribution in [2.24, 2.45) is 5.92 Å². The molecule has 3 rings (SSSR count). The van der Waals surface area contributed by atoms with Crippen molar-refractivity contribution in [3.05, 3.63) is 59.2 Å². The smallest absolute Gasteiger partial charge is 0.251 e. The Balaban J connectivity index is 1.49. The van der Waals surface area contributed by atoms with Crippen LogP contribution in [-0.2, 0) is 11.2 Å². The summed E-state index contributed by atoms with van der Waals surface area (Å²) in [5.41, 5.74) is 2.85. The molecule has 0 saturated carbocycles. The van der Waals surface area contributed by atoms with Gasteiger partial charge < -0.3 is 19.7 Å². The van der Waals surface area contributed by atoms with Gasteiger partial charge in [-0.05, 0) is 43.2 Å². The number of hydrogen-bond acceptors (Lipinski definition) is 4. The van der Waals surface area contributed by atoms with Gasteiger partial charge in [0.1, 0.15) is 0 Å². The van der Waals surface area contributed by atoms with E-state index in [1.54, 1.807) is 14.2 Å². The van der Waals surface area contributed by atoms with E-state index in [1.807, 2.05) is 54.3 Å². The molecule has 1 atom stereocenters. The van der Waals surface area contributed by atoms with Crippen molar-refractivity contribution in [1.29, 1.82) is 0 Å². The molecule has 1 fully saturated rings. The molecule has 2 aromatic carbocycles. The Hall–Kier alpha value is -3.02. The molecule has 0 aromatic heterocycles. The Morgan fingerprint density at radius 3 is 2.52 bits per heavy atom. The molecule has 0 bridgehead atoms. The summed E-state index contributed by atoms with van der Waals surface area (Å²) >= 11 is 0. The van der Waals surface area contributed by atoms with Gasteiger partial charge in [0.15, 0.2) is 11.5 Å². The lowest BCUT2D eigenvalue weighted by Crippen LogP contribution is -2.32. The standard InChI is InChI=1S/C23H28N2O4/c1-16-4-7-19(8-5-16)23(27)24-14-18-13-22(26)25(15-18)11-10-17-6-9-20(28-2)21(12-17)29-3/h4-9,12,18H,10-11,13-15H2,1-3H3,(H,24,27). The zero-order chi connectivity index (χ0) is 20.8. The van der Waals surface area contributed by atoms with Gasteiger partial charge in [0.2, 0.25) is 5.91 Å². The Morgan fingerprint density at radius 1 is 1.10 bits per heavy atom. The molecule has 1 saturated heterocycles. The highest BCUT2D eigenvalue weighted by molar-refractivity contribution is 5.94. The third-order valence-electron chi connectivity index (χ3n) is 5.28. The average molecular weight is 396 g/mol. The third kappa shape index (κ3) is 5.28. The van der Waals surface area contributed by atoms with Crippen LogP contribution in [0.5, 0.6) is 11.5 Å². The molecular formula is C23H28N2O4. The molecule has 0 spiro atoms. The van der Waals surface area contributed by atoms with Crippen LogP contribution in [-0.4, -0.2) is 50.6 Å². The molecule has 6 heteroatoms. The predicted octanol–water partition coefficient (Wildman–Crippen LogP) is 2.83. The van der Waals surface area contributed by atoms with Crippen LogP contribution < -0.4 is 14.8 Å². The van der Waals surface area contributed by atoms with Gasteiger partial charge in [0.05, 0.1) is 14.2 Å². The van der Waals surface area contributed by atoms with Gasteiger partial charge in [-0.3, -0.25) is 9.59 Å². The van der Waals surface area contributed by atoms with Crippen molar-refractivity contribution < 1.29 is 19.1 Å². The summed E-state index contributed by atoms with van der Waals surface area (Å²) in [6.45, 7) is 3.81. The summed E-state index contributed by atoms with van der Waals surface area (Å²) in [7, 11) is 3.22. The molecule has 29 heavy (non-hydrogen) atoms. The lowest BCUT2D eigenvalue weighted by Gasteiger charge is -2.17. The molecule has 0 radical (unpaired) electrons. The number of nitrogens with zero attached hydrogens (tertiary/aromatic N) is 1. The number of nitrogens with one attached hydrogen (secondary N) is 1. The number of rotatable bonds is 8. The summed E-state index contributed by atoms with van der Waals surface area (Å²) in [6.07, 6.45) is 1.22.